The average Bonchev–Trinajstić information content (AvgIpc) is 3.18. The average molecular weight is 802 g/mol. The highest BCUT2D eigenvalue weighted by Gasteiger charge is 2.28. The Hall–Kier alpha value is -1.25. The highest BCUT2D eigenvalue weighted by Crippen LogP contribution is 2.49. The van der Waals surface area contributed by atoms with Gasteiger partial charge in [-0.15, -0.1) is 6.58 Å². The van der Waals surface area contributed by atoms with Crippen molar-refractivity contribution >= 4 is 19.7 Å². The molecule has 0 aliphatic rings. The second kappa shape index (κ2) is 40.9. The molecular weight excluding hydrogens is 713 g/mol. The minimum absolute atomic E-state index is 0.0189. The van der Waals surface area contributed by atoms with Crippen molar-refractivity contribution in [3.8, 4) is 0 Å². The summed E-state index contributed by atoms with van der Waals surface area (Å²) in [7, 11) is -3.85. The molecular formula is C45H88NO8P. The Morgan fingerprint density at radius 3 is 1.56 bits per heavy atom. The van der Waals surface area contributed by atoms with Gasteiger partial charge < -0.3 is 14.8 Å². The summed E-state index contributed by atoms with van der Waals surface area (Å²) in [4.78, 5) is 25.8. The van der Waals surface area contributed by atoms with Gasteiger partial charge >= 0.3 is 13.8 Å². The Balaban J connectivity index is 5.01. The molecule has 0 saturated carbocycles. The SMILES string of the molecule is C=CCOP(=O)(OCCC)OC[C@H](COCC[C@@H](CCCCCCC)OC(=O)CCCCCCCCCCC)NC(=O)CCCCCCCCCCCCC. The number of ether oxygens (including phenoxy) is 2. The lowest BCUT2D eigenvalue weighted by molar-refractivity contribution is -0.150. The van der Waals surface area contributed by atoms with Crippen molar-refractivity contribution in [2.24, 2.45) is 0 Å². The number of rotatable bonds is 44. The summed E-state index contributed by atoms with van der Waals surface area (Å²) in [5, 5.41) is 3.03. The third kappa shape index (κ3) is 36.8. The van der Waals surface area contributed by atoms with E-state index >= 15 is 0 Å². The van der Waals surface area contributed by atoms with Gasteiger partial charge in [0.25, 0.3) is 0 Å². The Morgan fingerprint density at radius 2 is 1.05 bits per heavy atom. The Labute approximate surface area is 339 Å². The Morgan fingerprint density at radius 1 is 0.564 bits per heavy atom. The highest BCUT2D eigenvalue weighted by molar-refractivity contribution is 7.48. The van der Waals surface area contributed by atoms with Gasteiger partial charge in [-0.1, -0.05) is 175 Å². The number of nitrogens with one attached hydrogen (secondary N) is 1. The minimum atomic E-state index is -3.85. The maximum atomic E-state index is 13.3. The third-order valence-electron chi connectivity index (χ3n) is 9.93. The normalized spacial score (nSPS) is 13.7. The van der Waals surface area contributed by atoms with E-state index in [0.29, 0.717) is 32.3 Å². The van der Waals surface area contributed by atoms with Gasteiger partial charge in [-0.3, -0.25) is 23.2 Å². The molecule has 0 radical (unpaired) electrons. The van der Waals surface area contributed by atoms with Gasteiger partial charge in [-0.2, -0.15) is 0 Å². The van der Waals surface area contributed by atoms with E-state index in [1.807, 2.05) is 6.92 Å². The first-order valence-electron chi connectivity index (χ1n) is 23.0. The summed E-state index contributed by atoms with van der Waals surface area (Å²) in [6.45, 7) is 12.9. The van der Waals surface area contributed by atoms with E-state index in [4.69, 9.17) is 23.0 Å². The molecule has 3 atom stereocenters. The molecule has 0 spiro atoms. The zero-order chi connectivity index (χ0) is 40.5. The summed E-state index contributed by atoms with van der Waals surface area (Å²) >= 11 is 0. The Bertz CT molecular complexity index is 919. The lowest BCUT2D eigenvalue weighted by Crippen LogP contribution is -2.41. The van der Waals surface area contributed by atoms with Crippen molar-refractivity contribution in [3.63, 3.8) is 0 Å². The second-order valence-corrected chi connectivity index (χ2v) is 17.1. The van der Waals surface area contributed by atoms with Crippen LogP contribution in [0, 0.1) is 0 Å². The van der Waals surface area contributed by atoms with Crippen molar-refractivity contribution in [1.29, 1.82) is 0 Å². The molecule has 0 aromatic carbocycles. The van der Waals surface area contributed by atoms with Crippen LogP contribution in [0.15, 0.2) is 12.7 Å². The quantitative estimate of drug-likeness (QED) is 0.0281. The number of phosphoric acid groups is 1. The van der Waals surface area contributed by atoms with E-state index in [9.17, 15) is 14.2 Å². The van der Waals surface area contributed by atoms with E-state index in [-0.39, 0.29) is 44.4 Å². The number of phosphoric ester groups is 1. The maximum Gasteiger partial charge on any atom is 0.475 e. The Kier molecular flexibility index (Phi) is 40.0. The number of hydrogen-bond acceptors (Lipinski definition) is 8. The first-order valence-corrected chi connectivity index (χ1v) is 24.5. The van der Waals surface area contributed by atoms with Gasteiger partial charge in [0, 0.05) is 19.3 Å². The molecule has 0 rings (SSSR count). The van der Waals surface area contributed by atoms with Gasteiger partial charge in [0.2, 0.25) is 5.91 Å². The smallest absolute Gasteiger partial charge is 0.462 e. The van der Waals surface area contributed by atoms with E-state index in [1.165, 1.54) is 122 Å². The monoisotopic (exact) mass is 802 g/mol. The van der Waals surface area contributed by atoms with E-state index < -0.39 is 13.9 Å². The van der Waals surface area contributed by atoms with Crippen LogP contribution < -0.4 is 5.32 Å². The van der Waals surface area contributed by atoms with Gasteiger partial charge in [-0.25, -0.2) is 4.57 Å². The molecule has 9 nitrogen and oxygen atoms in total. The van der Waals surface area contributed by atoms with Crippen LogP contribution in [0.25, 0.3) is 0 Å². The number of unbranched alkanes of at least 4 members (excludes halogenated alkanes) is 22. The zero-order valence-corrected chi connectivity index (χ0v) is 37.3. The summed E-state index contributed by atoms with van der Waals surface area (Å²) in [6, 6.07) is -0.548. The molecule has 1 N–H and O–H groups in total. The molecule has 0 fully saturated rings. The lowest BCUT2D eigenvalue weighted by Gasteiger charge is -2.23. The van der Waals surface area contributed by atoms with Crippen LogP contribution in [-0.4, -0.2) is 57.1 Å². The van der Waals surface area contributed by atoms with Crippen molar-refractivity contribution in [2.75, 3.05) is 33.0 Å². The molecule has 326 valence electrons. The number of carbonyl (C=O) groups is 2. The maximum absolute atomic E-state index is 13.3. The van der Waals surface area contributed by atoms with Crippen molar-refractivity contribution < 1.29 is 37.2 Å². The highest BCUT2D eigenvalue weighted by atomic mass is 31.2. The van der Waals surface area contributed by atoms with Crippen LogP contribution in [0.1, 0.15) is 220 Å². The van der Waals surface area contributed by atoms with E-state index in [1.54, 1.807) is 0 Å². The predicted octanol–water partition coefficient (Wildman–Crippen LogP) is 13.5. The second-order valence-electron chi connectivity index (χ2n) is 15.5. The third-order valence-corrected chi connectivity index (χ3v) is 11.4. The first-order chi connectivity index (χ1) is 26.8. The van der Waals surface area contributed by atoms with Crippen LogP contribution in [0.4, 0.5) is 0 Å². The van der Waals surface area contributed by atoms with Crippen molar-refractivity contribution in [1.82, 2.24) is 5.32 Å². The van der Waals surface area contributed by atoms with Gasteiger partial charge in [0.1, 0.15) is 6.10 Å². The van der Waals surface area contributed by atoms with Crippen molar-refractivity contribution in [2.45, 2.75) is 232 Å². The number of carbonyl (C=O) groups excluding carboxylic acids is 2. The van der Waals surface area contributed by atoms with Gasteiger partial charge in [0.05, 0.1) is 39.1 Å². The largest absolute Gasteiger partial charge is 0.475 e. The molecule has 0 aliphatic heterocycles. The number of amides is 1. The van der Waals surface area contributed by atoms with Crippen LogP contribution in [0.2, 0.25) is 0 Å². The molecule has 0 saturated heterocycles. The summed E-state index contributed by atoms with van der Waals surface area (Å²) in [5.74, 6) is -0.204. The molecule has 0 aromatic rings. The van der Waals surface area contributed by atoms with E-state index in [0.717, 1.165) is 51.4 Å². The lowest BCUT2D eigenvalue weighted by atomic mass is 10.1. The molecule has 1 amide bonds. The molecule has 55 heavy (non-hydrogen) atoms. The number of esters is 1. The topological polar surface area (TPSA) is 109 Å². The van der Waals surface area contributed by atoms with Crippen molar-refractivity contribution in [3.05, 3.63) is 12.7 Å². The standard InChI is InChI=1S/C45H88NO8P/c1-6-11-14-17-19-21-22-24-25-28-31-34-44(47)46-42(41-53-55(49,51-37-9-4)52-38-10-5)40-50-39-36-43(33-30-27-16-13-8-3)54-45(48)35-32-29-26-23-20-18-15-12-7-2/h9,42-43H,4,6-8,10-41H2,1-3,5H3,(H,46,47)/t42-,43+,55?/m0/s1. The predicted molar refractivity (Wildman–Crippen MR) is 229 cm³/mol. The molecule has 0 aromatic heterocycles. The fraction of sp³-hybridized carbons (Fsp3) is 0.911. The number of hydrogen-bond donors (Lipinski definition) is 1. The van der Waals surface area contributed by atoms with Gasteiger partial charge in [0.15, 0.2) is 0 Å². The van der Waals surface area contributed by atoms with Crippen LogP contribution in [-0.2, 0) is 37.2 Å². The molecule has 10 heteroatoms. The summed E-state index contributed by atoms with van der Waals surface area (Å²) in [6.07, 6.45) is 34.2. The molecule has 1 unspecified atom stereocenters. The zero-order valence-electron chi connectivity index (χ0n) is 36.4. The first kappa shape index (κ1) is 53.8. The summed E-state index contributed by atoms with van der Waals surface area (Å²) in [5.41, 5.74) is 0. The van der Waals surface area contributed by atoms with Crippen LogP contribution in [0.5, 0.6) is 0 Å². The molecule has 0 bridgehead atoms. The van der Waals surface area contributed by atoms with Crippen LogP contribution in [0.3, 0.4) is 0 Å². The molecule has 0 aliphatic carbocycles. The fourth-order valence-corrected chi connectivity index (χ4v) is 7.80. The van der Waals surface area contributed by atoms with Crippen LogP contribution >= 0.6 is 7.82 Å². The van der Waals surface area contributed by atoms with Gasteiger partial charge in [-0.05, 0) is 32.1 Å². The minimum Gasteiger partial charge on any atom is -0.462 e. The fourth-order valence-electron chi connectivity index (χ4n) is 6.52. The van der Waals surface area contributed by atoms with E-state index in [2.05, 4.69) is 32.7 Å². The summed E-state index contributed by atoms with van der Waals surface area (Å²) < 4.78 is 41.9. The molecule has 0 heterocycles.